The number of benzene rings is 2. The van der Waals surface area contributed by atoms with Gasteiger partial charge < -0.3 is 0 Å². The van der Waals surface area contributed by atoms with Gasteiger partial charge in [0, 0.05) is 0 Å². The van der Waals surface area contributed by atoms with E-state index in [1.54, 1.807) is 4.40 Å². The number of hydrogen-bond acceptors (Lipinski definition) is 1. The first-order valence-electron chi connectivity index (χ1n) is 9.51. The van der Waals surface area contributed by atoms with Crippen LogP contribution in [-0.4, -0.2) is 18.3 Å². The third-order valence-corrected chi connectivity index (χ3v) is 17.6. The van der Waals surface area contributed by atoms with E-state index in [0.717, 1.165) is 11.2 Å². The van der Waals surface area contributed by atoms with Crippen molar-refractivity contribution in [3.8, 4) is 11.3 Å². The summed E-state index contributed by atoms with van der Waals surface area (Å²) in [7, 11) is 0. The fourth-order valence-corrected chi connectivity index (χ4v) is 11.7. The third kappa shape index (κ3) is 3.53. The summed E-state index contributed by atoms with van der Waals surface area (Å²) >= 11 is -1.90. The van der Waals surface area contributed by atoms with Crippen LogP contribution in [-0.2, 0) is 0 Å². The molecule has 0 aliphatic rings. The molecule has 2 aromatic carbocycles. The van der Waals surface area contributed by atoms with Crippen LogP contribution in [0.15, 0.2) is 48.5 Å². The fraction of sp³-hybridized carbons (Fsp3) is 0.348. The first kappa shape index (κ1) is 18.2. The SMILES string of the molecule is C[CH2][Ge]([CH2]C)([CH2]C)[c]1ccc2nc(-c3cc(C)cc(C)c3)ccc2c1. The van der Waals surface area contributed by atoms with E-state index >= 15 is 0 Å². The van der Waals surface area contributed by atoms with Crippen LogP contribution in [0.25, 0.3) is 22.2 Å². The van der Waals surface area contributed by atoms with Crippen molar-refractivity contribution in [1.82, 2.24) is 4.98 Å². The summed E-state index contributed by atoms with van der Waals surface area (Å²) in [6, 6.07) is 18.1. The van der Waals surface area contributed by atoms with Crippen molar-refractivity contribution >= 4 is 28.6 Å². The molecule has 1 nitrogen and oxygen atoms in total. The number of nitrogens with zero attached hydrogens (tertiary/aromatic N) is 1. The Morgan fingerprint density at radius 1 is 0.760 bits per heavy atom. The van der Waals surface area contributed by atoms with Gasteiger partial charge in [-0.25, -0.2) is 0 Å². The maximum absolute atomic E-state index is 4.95. The van der Waals surface area contributed by atoms with E-state index in [1.165, 1.54) is 37.8 Å². The Morgan fingerprint density at radius 3 is 2.00 bits per heavy atom. The summed E-state index contributed by atoms with van der Waals surface area (Å²) in [5.74, 6) is 0. The minimum atomic E-state index is -1.90. The monoisotopic (exact) mass is 393 g/mol. The molecular weight excluding hydrogens is 363 g/mol. The molecule has 0 aliphatic carbocycles. The van der Waals surface area contributed by atoms with Crippen LogP contribution >= 0.6 is 0 Å². The average Bonchev–Trinajstić information content (AvgIpc) is 2.62. The Hall–Kier alpha value is -1.61. The van der Waals surface area contributed by atoms with Crippen LogP contribution in [0.1, 0.15) is 31.9 Å². The molecule has 0 bridgehead atoms. The number of aryl methyl sites for hydroxylation is 2. The summed E-state index contributed by atoms with van der Waals surface area (Å²) in [5.41, 5.74) is 5.98. The van der Waals surface area contributed by atoms with Crippen molar-refractivity contribution in [3.05, 3.63) is 59.7 Å². The van der Waals surface area contributed by atoms with Crippen molar-refractivity contribution in [2.45, 2.75) is 50.4 Å². The van der Waals surface area contributed by atoms with Gasteiger partial charge in [0.2, 0.25) is 0 Å². The van der Waals surface area contributed by atoms with Gasteiger partial charge in [-0.2, -0.15) is 0 Å². The maximum atomic E-state index is 4.95. The zero-order chi connectivity index (χ0) is 18.0. The van der Waals surface area contributed by atoms with Crippen LogP contribution in [0, 0.1) is 13.8 Å². The normalized spacial score (nSPS) is 11.9. The van der Waals surface area contributed by atoms with Gasteiger partial charge in [0.25, 0.3) is 0 Å². The van der Waals surface area contributed by atoms with Crippen LogP contribution in [0.2, 0.25) is 15.8 Å². The summed E-state index contributed by atoms with van der Waals surface area (Å²) in [5, 5.41) is 5.39. The van der Waals surface area contributed by atoms with E-state index in [1.807, 2.05) is 0 Å². The number of fused-ring (bicyclic) bond motifs is 1. The van der Waals surface area contributed by atoms with Gasteiger partial charge in [-0.1, -0.05) is 0 Å². The van der Waals surface area contributed by atoms with Crippen LogP contribution in [0.3, 0.4) is 0 Å². The van der Waals surface area contributed by atoms with Gasteiger partial charge in [-0.15, -0.1) is 0 Å². The molecule has 0 atom stereocenters. The van der Waals surface area contributed by atoms with Gasteiger partial charge in [0.05, 0.1) is 0 Å². The number of pyridine rings is 1. The summed E-state index contributed by atoms with van der Waals surface area (Å²) in [4.78, 5) is 4.95. The van der Waals surface area contributed by atoms with Gasteiger partial charge in [-0.05, 0) is 0 Å². The second kappa shape index (κ2) is 7.33. The van der Waals surface area contributed by atoms with E-state index in [0.29, 0.717) is 0 Å². The Bertz CT molecular complexity index is 865. The molecule has 0 saturated carbocycles. The van der Waals surface area contributed by atoms with Crippen molar-refractivity contribution < 1.29 is 0 Å². The van der Waals surface area contributed by atoms with Crippen LogP contribution in [0.4, 0.5) is 0 Å². The number of aromatic nitrogens is 1. The van der Waals surface area contributed by atoms with E-state index < -0.39 is 13.3 Å². The Kier molecular flexibility index (Phi) is 5.33. The standard InChI is InChI=1S/C23H29GeN/c1-6-24(7-2,8-3)21-10-12-22-19(16-21)9-11-23(25-22)20-14-17(4)13-18(5)15-20/h9-16H,6-8H2,1-5H3. The molecule has 3 aromatic rings. The van der Waals surface area contributed by atoms with Gasteiger partial charge in [0.15, 0.2) is 0 Å². The second-order valence-corrected chi connectivity index (χ2v) is 18.4. The van der Waals surface area contributed by atoms with Crippen molar-refractivity contribution in [2.75, 3.05) is 0 Å². The summed E-state index contributed by atoms with van der Waals surface area (Å²) < 4.78 is 1.64. The number of hydrogen-bond donors (Lipinski definition) is 0. The second-order valence-electron chi connectivity index (χ2n) is 7.32. The molecule has 0 unspecified atom stereocenters. The van der Waals surface area contributed by atoms with Gasteiger partial charge in [0.1, 0.15) is 0 Å². The molecule has 1 heterocycles. The zero-order valence-electron chi connectivity index (χ0n) is 16.2. The molecule has 0 spiro atoms. The van der Waals surface area contributed by atoms with E-state index in [4.69, 9.17) is 4.98 Å². The van der Waals surface area contributed by atoms with Crippen LogP contribution < -0.4 is 4.40 Å². The molecule has 0 amide bonds. The third-order valence-electron chi connectivity index (χ3n) is 5.85. The molecule has 0 N–H and O–H groups in total. The summed E-state index contributed by atoms with van der Waals surface area (Å²) in [6.07, 6.45) is 0. The molecule has 3 rings (SSSR count). The first-order chi connectivity index (χ1) is 12.0. The van der Waals surface area contributed by atoms with Crippen LogP contribution in [0.5, 0.6) is 0 Å². The van der Waals surface area contributed by atoms with Crippen molar-refractivity contribution in [1.29, 1.82) is 0 Å². The molecule has 0 radical (unpaired) electrons. The Morgan fingerprint density at radius 2 is 1.40 bits per heavy atom. The average molecular weight is 392 g/mol. The zero-order valence-corrected chi connectivity index (χ0v) is 18.3. The molecular formula is C23H29GeN. The van der Waals surface area contributed by atoms with Gasteiger partial charge in [-0.3, -0.25) is 0 Å². The molecule has 25 heavy (non-hydrogen) atoms. The fourth-order valence-electron chi connectivity index (χ4n) is 4.10. The first-order valence-corrected chi connectivity index (χ1v) is 15.0. The molecule has 1 aromatic heterocycles. The predicted molar refractivity (Wildman–Crippen MR) is 113 cm³/mol. The number of rotatable bonds is 5. The van der Waals surface area contributed by atoms with E-state index in [-0.39, 0.29) is 0 Å². The van der Waals surface area contributed by atoms with Crippen molar-refractivity contribution in [3.63, 3.8) is 0 Å². The van der Waals surface area contributed by atoms with Crippen molar-refractivity contribution in [2.24, 2.45) is 0 Å². The Balaban J connectivity index is 2.07. The van der Waals surface area contributed by atoms with Gasteiger partial charge >= 0.3 is 155 Å². The quantitative estimate of drug-likeness (QED) is 0.469. The minimum absolute atomic E-state index is 1.07. The molecule has 130 valence electrons. The Labute approximate surface area is 154 Å². The molecule has 2 heteroatoms. The summed E-state index contributed by atoms with van der Waals surface area (Å²) in [6.45, 7) is 11.5. The molecule has 0 fully saturated rings. The van der Waals surface area contributed by atoms with E-state index in [9.17, 15) is 0 Å². The topological polar surface area (TPSA) is 12.9 Å². The molecule has 0 aliphatic heterocycles. The van der Waals surface area contributed by atoms with E-state index in [2.05, 4.69) is 83.1 Å². The predicted octanol–water partition coefficient (Wildman–Crippen LogP) is 6.23. The molecule has 0 saturated heterocycles.